The molecule has 2 atom stereocenters. The normalized spacial score (nSPS) is 23.7. The largest absolute Gasteiger partial charge is 0.496 e. The lowest BCUT2D eigenvalue weighted by Gasteiger charge is -2.29. The first kappa shape index (κ1) is 20.3. The molecule has 1 aromatic carbocycles. The molecule has 2 unspecified atom stereocenters. The maximum absolute atomic E-state index is 13.3. The second-order valence-corrected chi connectivity index (χ2v) is 9.29. The van der Waals surface area contributed by atoms with Crippen molar-refractivity contribution in [2.75, 3.05) is 7.11 Å². The van der Waals surface area contributed by atoms with Crippen molar-refractivity contribution in [3.63, 3.8) is 0 Å². The Morgan fingerprint density at radius 3 is 2.72 bits per heavy atom. The molecule has 156 valence electrons. The van der Waals surface area contributed by atoms with Gasteiger partial charge in [0, 0.05) is 30.8 Å². The van der Waals surface area contributed by atoms with E-state index in [1.807, 2.05) is 25.1 Å². The maximum Gasteiger partial charge on any atom is 0.248 e. The number of Topliss-reactive ketones (excluding diaryl/α,β-unsaturated/α-hetero) is 1. The first-order chi connectivity index (χ1) is 13.8. The van der Waals surface area contributed by atoms with Crippen molar-refractivity contribution in [2.24, 2.45) is 0 Å². The van der Waals surface area contributed by atoms with Gasteiger partial charge in [-0.2, -0.15) is 0 Å². The van der Waals surface area contributed by atoms with Crippen LogP contribution in [0.15, 0.2) is 18.2 Å². The van der Waals surface area contributed by atoms with Crippen LogP contribution in [0, 0.1) is 6.92 Å². The average molecular weight is 422 g/mol. The highest BCUT2D eigenvalue weighted by molar-refractivity contribution is 7.11. The molecule has 0 amide bonds. The molecule has 1 aromatic heterocycles. The van der Waals surface area contributed by atoms with Crippen LogP contribution in [0.5, 0.6) is 5.75 Å². The zero-order valence-electron chi connectivity index (χ0n) is 16.6. The average Bonchev–Trinajstić information content (AvgIpc) is 3.34. The Balaban J connectivity index is 1.41. The van der Waals surface area contributed by atoms with Crippen molar-refractivity contribution in [3.05, 3.63) is 39.3 Å². The van der Waals surface area contributed by atoms with Gasteiger partial charge in [0.25, 0.3) is 0 Å². The summed E-state index contributed by atoms with van der Waals surface area (Å²) in [7, 11) is 1.56. The topological polar surface area (TPSA) is 64.1 Å². The summed E-state index contributed by atoms with van der Waals surface area (Å²) in [5.41, 5.74) is 1.64. The SMILES string of the molecule is COc1ccc(C2CC2NC2CCC(F)(F)CC2)cc1C(=O)Cc1nnc(C)s1. The quantitative estimate of drug-likeness (QED) is 0.675. The first-order valence-corrected chi connectivity index (χ1v) is 10.8. The van der Waals surface area contributed by atoms with Gasteiger partial charge in [-0.05, 0) is 43.9 Å². The van der Waals surface area contributed by atoms with E-state index in [-0.39, 0.29) is 37.1 Å². The zero-order valence-corrected chi connectivity index (χ0v) is 17.4. The van der Waals surface area contributed by atoms with Gasteiger partial charge in [0.15, 0.2) is 5.78 Å². The number of rotatable bonds is 7. The van der Waals surface area contributed by atoms with Crippen molar-refractivity contribution in [1.29, 1.82) is 0 Å². The second-order valence-electron chi connectivity index (χ2n) is 8.02. The van der Waals surface area contributed by atoms with Gasteiger partial charge in [-0.3, -0.25) is 4.79 Å². The number of hydrogen-bond acceptors (Lipinski definition) is 6. The third kappa shape index (κ3) is 4.80. The third-order valence-electron chi connectivity index (χ3n) is 5.79. The lowest BCUT2D eigenvalue weighted by molar-refractivity contribution is -0.0405. The highest BCUT2D eigenvalue weighted by atomic mass is 32.1. The predicted molar refractivity (Wildman–Crippen MR) is 107 cm³/mol. The van der Waals surface area contributed by atoms with E-state index in [0.29, 0.717) is 35.1 Å². The molecule has 5 nitrogen and oxygen atoms in total. The fourth-order valence-corrected chi connectivity index (χ4v) is 4.78. The highest BCUT2D eigenvalue weighted by Gasteiger charge is 2.42. The number of carbonyl (C=O) groups is 1. The Morgan fingerprint density at radius 1 is 1.31 bits per heavy atom. The molecule has 29 heavy (non-hydrogen) atoms. The molecule has 0 aliphatic heterocycles. The monoisotopic (exact) mass is 421 g/mol. The number of hydrogen-bond donors (Lipinski definition) is 1. The minimum absolute atomic E-state index is 0.0334. The fraction of sp³-hybridized carbons (Fsp3) is 0.571. The van der Waals surface area contributed by atoms with Gasteiger partial charge in [0.05, 0.1) is 19.1 Å². The van der Waals surface area contributed by atoms with E-state index in [1.165, 1.54) is 11.3 Å². The number of benzene rings is 1. The molecule has 2 aliphatic rings. The number of carbonyl (C=O) groups excluding carboxylic acids is 1. The summed E-state index contributed by atoms with van der Waals surface area (Å²) >= 11 is 1.42. The molecule has 2 saturated carbocycles. The number of ether oxygens (including phenoxy) is 1. The number of methoxy groups -OCH3 is 1. The van der Waals surface area contributed by atoms with Crippen LogP contribution in [0.3, 0.4) is 0 Å². The van der Waals surface area contributed by atoms with Crippen LogP contribution in [-0.4, -0.2) is 41.1 Å². The number of nitrogens with one attached hydrogen (secondary N) is 1. The van der Waals surface area contributed by atoms with E-state index in [4.69, 9.17) is 4.74 Å². The van der Waals surface area contributed by atoms with Gasteiger partial charge in [-0.25, -0.2) is 8.78 Å². The van der Waals surface area contributed by atoms with Crippen molar-refractivity contribution in [2.45, 2.75) is 69.4 Å². The van der Waals surface area contributed by atoms with Crippen LogP contribution in [0.4, 0.5) is 8.78 Å². The summed E-state index contributed by atoms with van der Waals surface area (Å²) in [5, 5.41) is 13.1. The maximum atomic E-state index is 13.3. The molecule has 0 radical (unpaired) electrons. The van der Waals surface area contributed by atoms with E-state index in [9.17, 15) is 13.6 Å². The van der Waals surface area contributed by atoms with E-state index < -0.39 is 5.92 Å². The smallest absolute Gasteiger partial charge is 0.248 e. The van der Waals surface area contributed by atoms with E-state index >= 15 is 0 Å². The van der Waals surface area contributed by atoms with Crippen LogP contribution >= 0.6 is 11.3 Å². The van der Waals surface area contributed by atoms with E-state index in [0.717, 1.165) is 17.0 Å². The Kier molecular flexibility index (Phi) is 5.66. The van der Waals surface area contributed by atoms with Crippen LogP contribution in [0.2, 0.25) is 0 Å². The summed E-state index contributed by atoms with van der Waals surface area (Å²) in [6.07, 6.45) is 2.13. The fourth-order valence-electron chi connectivity index (χ4n) is 4.07. The van der Waals surface area contributed by atoms with Gasteiger partial charge in [0.1, 0.15) is 15.8 Å². The molecule has 0 spiro atoms. The van der Waals surface area contributed by atoms with Crippen molar-refractivity contribution >= 4 is 17.1 Å². The van der Waals surface area contributed by atoms with E-state index in [1.54, 1.807) is 7.11 Å². The van der Waals surface area contributed by atoms with Gasteiger partial charge in [-0.1, -0.05) is 6.07 Å². The number of halogens is 2. The van der Waals surface area contributed by atoms with Gasteiger partial charge < -0.3 is 10.1 Å². The second kappa shape index (κ2) is 8.07. The summed E-state index contributed by atoms with van der Waals surface area (Å²) in [4.78, 5) is 12.8. The zero-order chi connectivity index (χ0) is 20.6. The Morgan fingerprint density at radius 2 is 2.07 bits per heavy atom. The number of ketones is 1. The number of aryl methyl sites for hydroxylation is 1. The minimum Gasteiger partial charge on any atom is -0.496 e. The molecular weight excluding hydrogens is 396 g/mol. The number of alkyl halides is 2. The summed E-state index contributed by atoms with van der Waals surface area (Å²) in [6, 6.07) is 6.19. The Labute approximate surface area is 172 Å². The summed E-state index contributed by atoms with van der Waals surface area (Å²) in [6.45, 7) is 1.86. The summed E-state index contributed by atoms with van der Waals surface area (Å²) in [5.74, 6) is -1.68. The summed E-state index contributed by atoms with van der Waals surface area (Å²) < 4.78 is 32.1. The molecule has 4 rings (SSSR count). The van der Waals surface area contributed by atoms with E-state index in [2.05, 4.69) is 15.5 Å². The van der Waals surface area contributed by atoms with Crippen LogP contribution in [0.1, 0.15) is 64.0 Å². The third-order valence-corrected chi connectivity index (χ3v) is 6.63. The lowest BCUT2D eigenvalue weighted by Crippen LogP contribution is -2.38. The van der Waals surface area contributed by atoms with Crippen LogP contribution in [-0.2, 0) is 6.42 Å². The van der Waals surface area contributed by atoms with Gasteiger partial charge in [0.2, 0.25) is 5.92 Å². The molecule has 2 aromatic rings. The minimum atomic E-state index is -2.50. The predicted octanol–water partition coefficient (Wildman–Crippen LogP) is 4.30. The Hall–Kier alpha value is -1.93. The molecule has 2 aliphatic carbocycles. The lowest BCUT2D eigenvalue weighted by atomic mass is 9.92. The standard InChI is InChI=1S/C21H25F2N3O2S/c1-12-25-26-20(29-12)11-18(27)16-9-13(3-4-19(16)28-2)15-10-17(15)24-14-5-7-21(22,23)8-6-14/h3-4,9,14-15,17,24H,5-8,10-11H2,1-2H3. The van der Waals surface area contributed by atoms with Crippen molar-refractivity contribution < 1.29 is 18.3 Å². The van der Waals surface area contributed by atoms with Crippen LogP contribution in [0.25, 0.3) is 0 Å². The molecular formula is C21H25F2N3O2S. The number of aromatic nitrogens is 2. The molecule has 0 bridgehead atoms. The van der Waals surface area contributed by atoms with Gasteiger partial charge in [-0.15, -0.1) is 21.5 Å². The molecule has 8 heteroatoms. The highest BCUT2D eigenvalue weighted by Crippen LogP contribution is 2.44. The molecule has 0 saturated heterocycles. The Bertz CT molecular complexity index is 892. The van der Waals surface area contributed by atoms with Gasteiger partial charge >= 0.3 is 0 Å². The van der Waals surface area contributed by atoms with Crippen molar-refractivity contribution in [3.8, 4) is 5.75 Å². The molecule has 2 fully saturated rings. The molecule has 1 N–H and O–H groups in total. The van der Waals surface area contributed by atoms with Crippen LogP contribution < -0.4 is 10.1 Å². The first-order valence-electron chi connectivity index (χ1n) is 9.98. The molecule has 1 heterocycles. The van der Waals surface area contributed by atoms with Crippen molar-refractivity contribution in [1.82, 2.24) is 15.5 Å². The number of nitrogens with zero attached hydrogens (tertiary/aromatic N) is 2.